The summed E-state index contributed by atoms with van der Waals surface area (Å²) in [6, 6.07) is 12.4. The number of fused-ring (bicyclic) bond motifs is 1. The second-order valence-electron chi connectivity index (χ2n) is 8.17. The van der Waals surface area contributed by atoms with Gasteiger partial charge in [-0.3, -0.25) is 24.7 Å². The van der Waals surface area contributed by atoms with Crippen molar-refractivity contribution in [3.05, 3.63) is 58.1 Å². The van der Waals surface area contributed by atoms with Crippen LogP contribution in [0.15, 0.2) is 42.5 Å². The summed E-state index contributed by atoms with van der Waals surface area (Å²) in [5, 5.41) is 16.8. The number of nitro groups is 1. The quantitative estimate of drug-likeness (QED) is 0.318. The van der Waals surface area contributed by atoms with Gasteiger partial charge in [-0.1, -0.05) is 6.07 Å². The first-order valence-electron chi connectivity index (χ1n) is 11.1. The predicted octanol–water partition coefficient (Wildman–Crippen LogP) is 2.06. The summed E-state index contributed by atoms with van der Waals surface area (Å²) >= 11 is 0. The Hall–Kier alpha value is -3.37. The molecule has 0 radical (unpaired) electrons. The first-order valence-corrected chi connectivity index (χ1v) is 11.1. The van der Waals surface area contributed by atoms with Gasteiger partial charge in [0.1, 0.15) is 0 Å². The van der Waals surface area contributed by atoms with Crippen LogP contribution in [0, 0.1) is 10.1 Å². The number of nitrogens with one attached hydrogen (secondary N) is 2. The number of carbonyl (C=O) groups is 1. The van der Waals surface area contributed by atoms with Crippen LogP contribution in [0.3, 0.4) is 0 Å². The molecule has 2 heterocycles. The fourth-order valence-corrected chi connectivity index (χ4v) is 3.91. The maximum atomic E-state index is 12.3. The molecule has 33 heavy (non-hydrogen) atoms. The molecule has 2 aliphatic rings. The molecular formula is C23H29N5O5. The monoisotopic (exact) mass is 455 g/mol. The Bertz CT molecular complexity index is 960. The Morgan fingerprint density at radius 1 is 0.970 bits per heavy atom. The molecular weight excluding hydrogens is 426 g/mol. The number of amides is 1. The Morgan fingerprint density at radius 2 is 1.70 bits per heavy atom. The molecule has 2 aromatic carbocycles. The highest BCUT2D eigenvalue weighted by atomic mass is 16.7. The Kier molecular flexibility index (Phi) is 7.59. The van der Waals surface area contributed by atoms with Gasteiger partial charge in [-0.2, -0.15) is 0 Å². The SMILES string of the molecule is O=C(CN1CCN(Cc2ccc3c(c2)OCO3)CC1)NCCCNc1ccc([N+](=O)[O-])cc1. The molecule has 2 aliphatic heterocycles. The standard InChI is InChI=1S/C23H29N5O5/c29-23(25-9-1-8-24-19-3-5-20(6-4-19)28(30)31)16-27-12-10-26(11-13-27)15-18-2-7-21-22(14-18)33-17-32-21/h2-7,14,24H,1,8-13,15-17H2,(H,25,29). The molecule has 0 spiro atoms. The van der Waals surface area contributed by atoms with Crippen LogP contribution in [-0.2, 0) is 11.3 Å². The van der Waals surface area contributed by atoms with Crippen LogP contribution in [0.4, 0.5) is 11.4 Å². The molecule has 2 aromatic rings. The van der Waals surface area contributed by atoms with E-state index in [1.165, 1.54) is 17.7 Å². The van der Waals surface area contributed by atoms with E-state index in [1.54, 1.807) is 12.1 Å². The lowest BCUT2D eigenvalue weighted by molar-refractivity contribution is -0.384. The van der Waals surface area contributed by atoms with Gasteiger partial charge >= 0.3 is 0 Å². The fourth-order valence-electron chi connectivity index (χ4n) is 3.91. The minimum atomic E-state index is -0.418. The minimum absolute atomic E-state index is 0.0366. The summed E-state index contributed by atoms with van der Waals surface area (Å²) in [5.74, 6) is 1.65. The van der Waals surface area contributed by atoms with E-state index in [0.717, 1.165) is 56.3 Å². The summed E-state index contributed by atoms with van der Waals surface area (Å²) in [6.45, 7) is 6.38. The zero-order chi connectivity index (χ0) is 23.0. The normalized spacial score (nSPS) is 15.9. The number of hydrogen-bond acceptors (Lipinski definition) is 8. The lowest BCUT2D eigenvalue weighted by Crippen LogP contribution is -2.49. The van der Waals surface area contributed by atoms with Crippen molar-refractivity contribution in [3.63, 3.8) is 0 Å². The first-order chi connectivity index (χ1) is 16.1. The van der Waals surface area contributed by atoms with Gasteiger partial charge in [-0.25, -0.2) is 0 Å². The molecule has 10 nitrogen and oxygen atoms in total. The topological polar surface area (TPSA) is 109 Å². The molecule has 1 saturated heterocycles. The van der Waals surface area contributed by atoms with Gasteiger partial charge in [-0.05, 0) is 36.2 Å². The number of nitro benzene ring substituents is 1. The third kappa shape index (κ3) is 6.56. The molecule has 0 atom stereocenters. The highest BCUT2D eigenvalue weighted by Crippen LogP contribution is 2.32. The summed E-state index contributed by atoms with van der Waals surface area (Å²) in [5.41, 5.74) is 2.10. The van der Waals surface area contributed by atoms with Crippen molar-refractivity contribution in [3.8, 4) is 11.5 Å². The second-order valence-corrected chi connectivity index (χ2v) is 8.17. The molecule has 0 aromatic heterocycles. The molecule has 10 heteroatoms. The van der Waals surface area contributed by atoms with E-state index in [0.29, 0.717) is 19.6 Å². The van der Waals surface area contributed by atoms with Crippen molar-refractivity contribution in [1.82, 2.24) is 15.1 Å². The number of rotatable bonds is 10. The van der Waals surface area contributed by atoms with E-state index in [-0.39, 0.29) is 18.4 Å². The minimum Gasteiger partial charge on any atom is -0.454 e. The number of non-ortho nitro benzene ring substituents is 1. The van der Waals surface area contributed by atoms with E-state index in [9.17, 15) is 14.9 Å². The van der Waals surface area contributed by atoms with Gasteiger partial charge in [0.15, 0.2) is 11.5 Å². The molecule has 2 N–H and O–H groups in total. The van der Waals surface area contributed by atoms with Crippen LogP contribution in [0.1, 0.15) is 12.0 Å². The van der Waals surface area contributed by atoms with Crippen LogP contribution in [0.5, 0.6) is 11.5 Å². The molecule has 0 saturated carbocycles. The largest absolute Gasteiger partial charge is 0.454 e. The van der Waals surface area contributed by atoms with Crippen molar-refractivity contribution in [2.24, 2.45) is 0 Å². The van der Waals surface area contributed by atoms with E-state index in [4.69, 9.17) is 9.47 Å². The van der Waals surface area contributed by atoms with Crippen molar-refractivity contribution < 1.29 is 19.2 Å². The van der Waals surface area contributed by atoms with Crippen LogP contribution < -0.4 is 20.1 Å². The van der Waals surface area contributed by atoms with Crippen LogP contribution in [0.2, 0.25) is 0 Å². The maximum absolute atomic E-state index is 12.3. The third-order valence-electron chi connectivity index (χ3n) is 5.76. The van der Waals surface area contributed by atoms with Gasteiger partial charge in [0.25, 0.3) is 5.69 Å². The summed E-state index contributed by atoms with van der Waals surface area (Å²) in [4.78, 5) is 27.1. The van der Waals surface area contributed by atoms with Gasteiger partial charge in [0, 0.05) is 63.6 Å². The van der Waals surface area contributed by atoms with E-state index < -0.39 is 4.92 Å². The number of nitrogens with zero attached hydrogens (tertiary/aromatic N) is 3. The zero-order valence-electron chi connectivity index (χ0n) is 18.5. The number of carbonyl (C=O) groups excluding carboxylic acids is 1. The second kappa shape index (κ2) is 11.0. The Morgan fingerprint density at radius 3 is 2.45 bits per heavy atom. The first kappa shape index (κ1) is 22.8. The predicted molar refractivity (Wildman–Crippen MR) is 123 cm³/mol. The molecule has 4 rings (SSSR count). The van der Waals surface area contributed by atoms with Gasteiger partial charge in [-0.15, -0.1) is 0 Å². The Labute approximate surface area is 192 Å². The molecule has 0 bridgehead atoms. The van der Waals surface area contributed by atoms with Crippen molar-refractivity contribution >= 4 is 17.3 Å². The third-order valence-corrected chi connectivity index (χ3v) is 5.76. The Balaban J connectivity index is 1.08. The van der Waals surface area contributed by atoms with E-state index in [1.807, 2.05) is 12.1 Å². The number of piperazine rings is 1. The number of anilines is 1. The summed E-state index contributed by atoms with van der Waals surface area (Å²) < 4.78 is 10.8. The average Bonchev–Trinajstić information content (AvgIpc) is 3.28. The highest BCUT2D eigenvalue weighted by Gasteiger charge is 2.20. The zero-order valence-corrected chi connectivity index (χ0v) is 18.5. The van der Waals surface area contributed by atoms with E-state index in [2.05, 4.69) is 26.5 Å². The van der Waals surface area contributed by atoms with Crippen LogP contribution >= 0.6 is 0 Å². The lowest BCUT2D eigenvalue weighted by atomic mass is 10.1. The summed E-state index contributed by atoms with van der Waals surface area (Å²) in [7, 11) is 0. The van der Waals surface area contributed by atoms with Gasteiger partial charge in [0.2, 0.25) is 12.7 Å². The lowest BCUT2D eigenvalue weighted by Gasteiger charge is -2.34. The van der Waals surface area contributed by atoms with Crippen molar-refractivity contribution in [2.45, 2.75) is 13.0 Å². The smallest absolute Gasteiger partial charge is 0.269 e. The van der Waals surface area contributed by atoms with Crippen molar-refractivity contribution in [1.29, 1.82) is 0 Å². The number of ether oxygens (including phenoxy) is 2. The molecule has 1 fully saturated rings. The molecule has 1 amide bonds. The van der Waals surface area contributed by atoms with Crippen LogP contribution in [-0.4, -0.2) is 73.2 Å². The maximum Gasteiger partial charge on any atom is 0.269 e. The fraction of sp³-hybridized carbons (Fsp3) is 0.435. The van der Waals surface area contributed by atoms with E-state index >= 15 is 0 Å². The molecule has 176 valence electrons. The molecule has 0 unspecified atom stereocenters. The van der Waals surface area contributed by atoms with Gasteiger partial charge < -0.3 is 20.1 Å². The molecule has 0 aliphatic carbocycles. The summed E-state index contributed by atoms with van der Waals surface area (Å²) in [6.07, 6.45) is 0.770. The highest BCUT2D eigenvalue weighted by molar-refractivity contribution is 5.78. The average molecular weight is 456 g/mol. The number of hydrogen-bond donors (Lipinski definition) is 2. The van der Waals surface area contributed by atoms with Gasteiger partial charge in [0.05, 0.1) is 11.5 Å². The van der Waals surface area contributed by atoms with Crippen molar-refractivity contribution in [2.75, 3.05) is 57.9 Å². The number of benzene rings is 2. The van der Waals surface area contributed by atoms with Crippen LogP contribution in [0.25, 0.3) is 0 Å².